The van der Waals surface area contributed by atoms with E-state index in [-0.39, 0.29) is 24.2 Å². The second-order valence-corrected chi connectivity index (χ2v) is 10.0. The van der Waals surface area contributed by atoms with Gasteiger partial charge in [0.25, 0.3) is 10.0 Å². The number of sulfonamides is 1. The lowest BCUT2D eigenvalue weighted by atomic mass is 9.99. The van der Waals surface area contributed by atoms with Gasteiger partial charge >= 0.3 is 0 Å². The van der Waals surface area contributed by atoms with Gasteiger partial charge in [0.2, 0.25) is 5.91 Å². The molecule has 158 valence electrons. The molecule has 2 heterocycles. The molecule has 1 atom stereocenters. The molecule has 9 heteroatoms. The number of piperidine rings is 1. The van der Waals surface area contributed by atoms with E-state index >= 15 is 0 Å². The van der Waals surface area contributed by atoms with Gasteiger partial charge in [0, 0.05) is 19.6 Å². The minimum absolute atomic E-state index is 0.101. The van der Waals surface area contributed by atoms with Crippen molar-refractivity contribution in [1.29, 1.82) is 0 Å². The Labute approximate surface area is 174 Å². The van der Waals surface area contributed by atoms with Crippen molar-refractivity contribution in [3.05, 3.63) is 47.6 Å². The van der Waals surface area contributed by atoms with Gasteiger partial charge in [0.05, 0.1) is 12.5 Å². The van der Waals surface area contributed by atoms with E-state index in [1.807, 2.05) is 0 Å². The summed E-state index contributed by atoms with van der Waals surface area (Å²) in [5.41, 5.74) is 0. The number of benzene rings is 1. The maximum absolute atomic E-state index is 12.8. The zero-order valence-corrected chi connectivity index (χ0v) is 17.7. The van der Waals surface area contributed by atoms with E-state index < -0.39 is 10.0 Å². The van der Waals surface area contributed by atoms with Crippen LogP contribution in [-0.2, 0) is 14.8 Å². The number of ether oxygens (including phenoxy) is 1. The minimum atomic E-state index is -3.51. The van der Waals surface area contributed by atoms with Gasteiger partial charge in [-0.25, -0.2) is 12.8 Å². The molecule has 1 fully saturated rings. The lowest BCUT2D eigenvalue weighted by Gasteiger charge is -2.30. The Kier molecular flexibility index (Phi) is 7.63. The van der Waals surface area contributed by atoms with Gasteiger partial charge in [-0.1, -0.05) is 6.07 Å². The van der Waals surface area contributed by atoms with E-state index in [0.717, 1.165) is 12.8 Å². The van der Waals surface area contributed by atoms with Crippen molar-refractivity contribution in [2.24, 2.45) is 5.92 Å². The summed E-state index contributed by atoms with van der Waals surface area (Å²) in [6, 6.07) is 9.17. The molecule has 1 aromatic heterocycles. The molecule has 0 aliphatic carbocycles. The summed E-state index contributed by atoms with van der Waals surface area (Å²) in [5, 5.41) is 4.64. The SMILES string of the molecule is O=C(NCCCCOc1ccc(F)cc1)C1CCCN(S(=O)(=O)c2cccs2)C1. The van der Waals surface area contributed by atoms with Gasteiger partial charge < -0.3 is 10.1 Å². The van der Waals surface area contributed by atoms with Crippen molar-refractivity contribution in [2.75, 3.05) is 26.2 Å². The average molecular weight is 441 g/mol. The zero-order valence-electron chi connectivity index (χ0n) is 16.1. The van der Waals surface area contributed by atoms with Gasteiger partial charge in [-0.15, -0.1) is 11.3 Å². The third-order valence-electron chi connectivity index (χ3n) is 4.80. The highest BCUT2D eigenvalue weighted by molar-refractivity contribution is 7.91. The molecule has 1 N–H and O–H groups in total. The van der Waals surface area contributed by atoms with Gasteiger partial charge in [0.1, 0.15) is 15.8 Å². The third-order valence-corrected chi connectivity index (χ3v) is 8.04. The van der Waals surface area contributed by atoms with Crippen LogP contribution in [0.25, 0.3) is 0 Å². The molecule has 6 nitrogen and oxygen atoms in total. The molecular formula is C20H25FN2O4S2. The fourth-order valence-corrected chi connectivity index (χ4v) is 5.88. The number of nitrogens with zero attached hydrogens (tertiary/aromatic N) is 1. The molecule has 0 saturated carbocycles. The largest absolute Gasteiger partial charge is 0.494 e. The van der Waals surface area contributed by atoms with Crippen LogP contribution in [0.4, 0.5) is 4.39 Å². The summed E-state index contributed by atoms with van der Waals surface area (Å²) < 4.78 is 45.4. The van der Waals surface area contributed by atoms with E-state index in [9.17, 15) is 17.6 Å². The number of carbonyl (C=O) groups excluding carboxylic acids is 1. The second kappa shape index (κ2) is 10.2. The predicted octanol–water partition coefficient (Wildman–Crippen LogP) is 3.26. The number of thiophene rings is 1. The van der Waals surface area contributed by atoms with Crippen molar-refractivity contribution in [1.82, 2.24) is 9.62 Å². The first-order valence-electron chi connectivity index (χ1n) is 9.66. The molecule has 3 rings (SSSR count). The Hall–Kier alpha value is -1.97. The first-order valence-corrected chi connectivity index (χ1v) is 12.0. The van der Waals surface area contributed by atoms with E-state index in [0.29, 0.717) is 42.5 Å². The number of unbranched alkanes of at least 4 members (excludes halogenated alkanes) is 1. The first kappa shape index (κ1) is 21.7. The smallest absolute Gasteiger partial charge is 0.252 e. The summed E-state index contributed by atoms with van der Waals surface area (Å²) in [5.74, 6) is -0.112. The summed E-state index contributed by atoms with van der Waals surface area (Å²) in [6.07, 6.45) is 2.86. The van der Waals surface area contributed by atoms with Gasteiger partial charge in [-0.05, 0) is 61.4 Å². The number of halogens is 1. The van der Waals surface area contributed by atoms with E-state index in [2.05, 4.69) is 5.32 Å². The maximum atomic E-state index is 12.8. The molecule has 1 aliphatic heterocycles. The molecule has 0 spiro atoms. The number of amides is 1. The topological polar surface area (TPSA) is 75.7 Å². The van der Waals surface area contributed by atoms with E-state index in [1.54, 1.807) is 29.6 Å². The Morgan fingerprint density at radius 2 is 2.03 bits per heavy atom. The van der Waals surface area contributed by atoms with Crippen molar-refractivity contribution < 1.29 is 22.3 Å². The molecule has 0 radical (unpaired) electrons. The average Bonchev–Trinajstić information content (AvgIpc) is 3.27. The lowest BCUT2D eigenvalue weighted by molar-refractivity contribution is -0.126. The van der Waals surface area contributed by atoms with Gasteiger partial charge in [-0.2, -0.15) is 4.31 Å². The Morgan fingerprint density at radius 3 is 2.76 bits per heavy atom. The quantitative estimate of drug-likeness (QED) is 0.608. The van der Waals surface area contributed by atoms with Gasteiger partial charge in [-0.3, -0.25) is 4.79 Å². The first-order chi connectivity index (χ1) is 14.0. The monoisotopic (exact) mass is 440 g/mol. The molecular weight excluding hydrogens is 415 g/mol. The third kappa shape index (κ3) is 6.01. The van der Waals surface area contributed by atoms with Crippen LogP contribution in [0.1, 0.15) is 25.7 Å². The number of nitrogens with one attached hydrogen (secondary N) is 1. The van der Waals surface area contributed by atoms with Crippen LogP contribution in [0.2, 0.25) is 0 Å². The maximum Gasteiger partial charge on any atom is 0.252 e. The van der Waals surface area contributed by atoms with Crippen molar-refractivity contribution in [2.45, 2.75) is 29.9 Å². The molecule has 0 bridgehead atoms. The predicted molar refractivity (Wildman–Crippen MR) is 110 cm³/mol. The number of hydrogen-bond acceptors (Lipinski definition) is 5. The minimum Gasteiger partial charge on any atom is -0.494 e. The molecule has 2 aromatic rings. The van der Waals surface area contributed by atoms with Crippen molar-refractivity contribution in [3.8, 4) is 5.75 Å². The fourth-order valence-electron chi connectivity index (χ4n) is 3.22. The Morgan fingerprint density at radius 1 is 1.24 bits per heavy atom. The van der Waals surface area contributed by atoms with Crippen LogP contribution in [0, 0.1) is 11.7 Å². The van der Waals surface area contributed by atoms with Crippen LogP contribution in [0.15, 0.2) is 46.0 Å². The molecule has 1 saturated heterocycles. The van der Waals surface area contributed by atoms with Crippen LogP contribution in [0.3, 0.4) is 0 Å². The van der Waals surface area contributed by atoms with Crippen LogP contribution in [-0.4, -0.2) is 44.9 Å². The van der Waals surface area contributed by atoms with Gasteiger partial charge in [0.15, 0.2) is 0 Å². The standard InChI is InChI=1S/C20H25FN2O4S2/c21-17-7-9-18(10-8-17)27-13-2-1-11-22-20(24)16-5-3-12-23(15-16)29(25,26)19-6-4-14-28-19/h4,6-10,14,16H,1-3,5,11-13,15H2,(H,22,24). The highest BCUT2D eigenvalue weighted by Crippen LogP contribution is 2.26. The Balaban J connectivity index is 1.37. The number of hydrogen-bond donors (Lipinski definition) is 1. The highest BCUT2D eigenvalue weighted by Gasteiger charge is 2.33. The van der Waals surface area contributed by atoms with Crippen LogP contribution < -0.4 is 10.1 Å². The van der Waals surface area contributed by atoms with Crippen molar-refractivity contribution >= 4 is 27.3 Å². The molecule has 1 amide bonds. The number of rotatable bonds is 9. The van der Waals surface area contributed by atoms with Crippen LogP contribution >= 0.6 is 11.3 Å². The summed E-state index contributed by atoms with van der Waals surface area (Å²) >= 11 is 1.19. The second-order valence-electron chi connectivity index (χ2n) is 6.93. The summed E-state index contributed by atoms with van der Waals surface area (Å²) in [6.45, 7) is 1.67. The fraction of sp³-hybridized carbons (Fsp3) is 0.450. The van der Waals surface area contributed by atoms with E-state index in [1.165, 1.54) is 27.8 Å². The molecule has 1 aromatic carbocycles. The molecule has 1 aliphatic rings. The molecule has 1 unspecified atom stereocenters. The Bertz CT molecular complexity index is 886. The van der Waals surface area contributed by atoms with Crippen LogP contribution in [0.5, 0.6) is 5.75 Å². The highest BCUT2D eigenvalue weighted by atomic mass is 32.2. The summed E-state index contributed by atoms with van der Waals surface area (Å²) in [4.78, 5) is 12.4. The van der Waals surface area contributed by atoms with E-state index in [4.69, 9.17) is 4.74 Å². The molecule has 29 heavy (non-hydrogen) atoms. The zero-order chi connectivity index (χ0) is 20.7. The summed E-state index contributed by atoms with van der Waals surface area (Å²) in [7, 11) is -3.51. The normalized spacial score (nSPS) is 17.8. The van der Waals surface area contributed by atoms with Crippen molar-refractivity contribution in [3.63, 3.8) is 0 Å². The number of carbonyl (C=O) groups is 1. The lowest BCUT2D eigenvalue weighted by Crippen LogP contribution is -2.45.